The Kier molecular flexibility index (Phi) is 4.17. The molecule has 2 aromatic heterocycles. The molecular formula is C22H22N4. The van der Waals surface area contributed by atoms with Crippen molar-refractivity contribution in [2.75, 3.05) is 5.32 Å². The van der Waals surface area contributed by atoms with Gasteiger partial charge in [0.25, 0.3) is 0 Å². The molecule has 0 fully saturated rings. The number of hydrogen-bond acceptors (Lipinski definition) is 3. The van der Waals surface area contributed by atoms with Crippen molar-refractivity contribution in [3.05, 3.63) is 78.1 Å². The molecule has 130 valence electrons. The normalized spacial score (nSPS) is 11.2. The summed E-state index contributed by atoms with van der Waals surface area (Å²) in [6, 6.07) is 20.8. The minimum absolute atomic E-state index is 0.526. The van der Waals surface area contributed by atoms with E-state index in [1.807, 2.05) is 41.9 Å². The molecule has 26 heavy (non-hydrogen) atoms. The smallest absolute Gasteiger partial charge is 0.165 e. The monoisotopic (exact) mass is 342 g/mol. The van der Waals surface area contributed by atoms with Crippen LogP contribution < -0.4 is 5.32 Å². The molecule has 0 atom stereocenters. The molecule has 0 aliphatic rings. The Morgan fingerprint density at radius 2 is 1.69 bits per heavy atom. The average Bonchev–Trinajstić information content (AvgIpc) is 3.07. The van der Waals surface area contributed by atoms with Gasteiger partial charge >= 0.3 is 0 Å². The second kappa shape index (κ2) is 6.64. The lowest BCUT2D eigenvalue weighted by molar-refractivity contribution is 0.867. The molecule has 4 heteroatoms. The van der Waals surface area contributed by atoms with Crippen LogP contribution in [0.25, 0.3) is 16.8 Å². The van der Waals surface area contributed by atoms with Gasteiger partial charge in [-0.15, -0.1) is 0 Å². The van der Waals surface area contributed by atoms with Crippen LogP contribution in [0.15, 0.2) is 66.9 Å². The molecule has 0 saturated heterocycles. The zero-order chi connectivity index (χ0) is 18.1. The third-order valence-electron chi connectivity index (χ3n) is 4.53. The van der Waals surface area contributed by atoms with Crippen LogP contribution in [0.4, 0.5) is 11.5 Å². The van der Waals surface area contributed by atoms with Gasteiger partial charge in [-0.25, -0.2) is 4.98 Å². The van der Waals surface area contributed by atoms with E-state index in [1.165, 1.54) is 5.56 Å². The van der Waals surface area contributed by atoms with E-state index in [2.05, 4.69) is 60.7 Å². The molecule has 0 saturated carbocycles. The first-order valence-electron chi connectivity index (χ1n) is 8.89. The van der Waals surface area contributed by atoms with Gasteiger partial charge in [0.1, 0.15) is 5.82 Å². The first kappa shape index (κ1) is 16.3. The molecule has 1 N–H and O–H groups in total. The van der Waals surface area contributed by atoms with Crippen molar-refractivity contribution in [2.24, 2.45) is 0 Å². The molecule has 0 spiro atoms. The van der Waals surface area contributed by atoms with Gasteiger partial charge in [0.2, 0.25) is 0 Å². The lowest BCUT2D eigenvalue weighted by Crippen LogP contribution is -2.02. The van der Waals surface area contributed by atoms with Crippen LogP contribution >= 0.6 is 0 Å². The SMILES string of the molecule is Cc1cc(Nc2ccc(C(C)C)cc2)n2ncc(-c3ccccc3)c2n1. The number of anilines is 2. The van der Waals surface area contributed by atoms with Crippen LogP contribution in [0.2, 0.25) is 0 Å². The Balaban J connectivity index is 1.75. The number of benzene rings is 2. The Labute approximate surface area is 153 Å². The molecule has 0 aliphatic heterocycles. The number of aromatic nitrogens is 3. The van der Waals surface area contributed by atoms with E-state index in [1.54, 1.807) is 0 Å². The number of nitrogens with zero attached hydrogens (tertiary/aromatic N) is 3. The van der Waals surface area contributed by atoms with Crippen LogP contribution in [0.1, 0.15) is 31.0 Å². The average molecular weight is 342 g/mol. The predicted octanol–water partition coefficient (Wildman–Crippen LogP) is 5.57. The van der Waals surface area contributed by atoms with Crippen molar-refractivity contribution < 1.29 is 0 Å². The van der Waals surface area contributed by atoms with Crippen molar-refractivity contribution >= 4 is 17.2 Å². The van der Waals surface area contributed by atoms with E-state index < -0.39 is 0 Å². The number of fused-ring (bicyclic) bond motifs is 1. The summed E-state index contributed by atoms with van der Waals surface area (Å²) in [7, 11) is 0. The lowest BCUT2D eigenvalue weighted by Gasteiger charge is -2.11. The van der Waals surface area contributed by atoms with Crippen LogP contribution in [-0.4, -0.2) is 14.6 Å². The quantitative estimate of drug-likeness (QED) is 0.527. The van der Waals surface area contributed by atoms with Gasteiger partial charge < -0.3 is 5.32 Å². The number of aryl methyl sites for hydroxylation is 1. The van der Waals surface area contributed by atoms with Crippen molar-refractivity contribution in [1.82, 2.24) is 14.6 Å². The van der Waals surface area contributed by atoms with Crippen molar-refractivity contribution in [3.63, 3.8) is 0 Å². The molecule has 4 rings (SSSR count). The van der Waals surface area contributed by atoms with Gasteiger partial charge in [-0.05, 0) is 36.1 Å². The Morgan fingerprint density at radius 1 is 0.962 bits per heavy atom. The molecule has 4 aromatic rings. The summed E-state index contributed by atoms with van der Waals surface area (Å²) in [5.41, 5.74) is 6.34. The second-order valence-corrected chi connectivity index (χ2v) is 6.84. The molecule has 0 aliphatic carbocycles. The molecule has 0 bridgehead atoms. The zero-order valence-electron chi connectivity index (χ0n) is 15.3. The highest BCUT2D eigenvalue weighted by molar-refractivity contribution is 5.78. The number of hydrogen-bond donors (Lipinski definition) is 1. The van der Waals surface area contributed by atoms with Gasteiger partial charge in [-0.1, -0.05) is 56.3 Å². The maximum Gasteiger partial charge on any atom is 0.165 e. The summed E-state index contributed by atoms with van der Waals surface area (Å²) in [6.07, 6.45) is 1.88. The lowest BCUT2D eigenvalue weighted by atomic mass is 10.0. The third kappa shape index (κ3) is 3.06. The summed E-state index contributed by atoms with van der Waals surface area (Å²) in [6.45, 7) is 6.41. The zero-order valence-corrected chi connectivity index (χ0v) is 15.3. The minimum Gasteiger partial charge on any atom is -0.340 e. The van der Waals surface area contributed by atoms with Gasteiger partial charge in [0.05, 0.1) is 6.20 Å². The fourth-order valence-electron chi connectivity index (χ4n) is 3.09. The highest BCUT2D eigenvalue weighted by Gasteiger charge is 2.12. The van der Waals surface area contributed by atoms with Gasteiger partial charge in [0.15, 0.2) is 5.65 Å². The molecule has 4 nitrogen and oxygen atoms in total. The summed E-state index contributed by atoms with van der Waals surface area (Å²) in [4.78, 5) is 4.71. The van der Waals surface area contributed by atoms with E-state index in [0.29, 0.717) is 5.92 Å². The van der Waals surface area contributed by atoms with Crippen LogP contribution in [-0.2, 0) is 0 Å². The summed E-state index contributed by atoms with van der Waals surface area (Å²) in [5.74, 6) is 1.44. The molecule has 0 amide bonds. The van der Waals surface area contributed by atoms with Crippen molar-refractivity contribution in [1.29, 1.82) is 0 Å². The largest absolute Gasteiger partial charge is 0.340 e. The summed E-state index contributed by atoms with van der Waals surface area (Å²) >= 11 is 0. The highest BCUT2D eigenvalue weighted by atomic mass is 15.3. The van der Waals surface area contributed by atoms with Crippen molar-refractivity contribution in [2.45, 2.75) is 26.7 Å². The fraction of sp³-hybridized carbons (Fsp3) is 0.182. The van der Waals surface area contributed by atoms with E-state index >= 15 is 0 Å². The number of nitrogens with one attached hydrogen (secondary N) is 1. The highest BCUT2D eigenvalue weighted by Crippen LogP contribution is 2.27. The standard InChI is InChI=1S/C22H22N4/c1-15(2)17-9-11-19(12-10-17)25-21-13-16(3)24-22-20(14-23-26(21)22)18-7-5-4-6-8-18/h4-15,25H,1-3H3. The van der Waals surface area contributed by atoms with Gasteiger partial charge in [-0.2, -0.15) is 9.61 Å². The topological polar surface area (TPSA) is 42.2 Å². The van der Waals surface area contributed by atoms with Gasteiger partial charge in [-0.3, -0.25) is 0 Å². The Hall–Kier alpha value is -3.14. The fourth-order valence-corrected chi connectivity index (χ4v) is 3.09. The van der Waals surface area contributed by atoms with Crippen LogP contribution in [0.3, 0.4) is 0 Å². The third-order valence-corrected chi connectivity index (χ3v) is 4.53. The Bertz CT molecular complexity index is 1030. The van der Waals surface area contributed by atoms with Crippen LogP contribution in [0, 0.1) is 6.92 Å². The van der Waals surface area contributed by atoms with E-state index in [4.69, 9.17) is 4.98 Å². The molecule has 0 unspecified atom stereocenters. The van der Waals surface area contributed by atoms with E-state index in [-0.39, 0.29) is 0 Å². The van der Waals surface area contributed by atoms with E-state index in [9.17, 15) is 0 Å². The second-order valence-electron chi connectivity index (χ2n) is 6.84. The molecule has 0 radical (unpaired) electrons. The van der Waals surface area contributed by atoms with E-state index in [0.717, 1.165) is 34.0 Å². The maximum atomic E-state index is 4.71. The Morgan fingerprint density at radius 3 is 2.38 bits per heavy atom. The number of rotatable bonds is 4. The molecule has 2 aromatic carbocycles. The van der Waals surface area contributed by atoms with Crippen molar-refractivity contribution in [3.8, 4) is 11.1 Å². The molecular weight excluding hydrogens is 320 g/mol. The predicted molar refractivity (Wildman–Crippen MR) is 107 cm³/mol. The van der Waals surface area contributed by atoms with Gasteiger partial charge in [0, 0.05) is 23.0 Å². The maximum absolute atomic E-state index is 4.71. The summed E-state index contributed by atoms with van der Waals surface area (Å²) < 4.78 is 1.87. The first-order chi connectivity index (χ1) is 12.6. The summed E-state index contributed by atoms with van der Waals surface area (Å²) in [5, 5.41) is 8.05. The molecule has 2 heterocycles. The minimum atomic E-state index is 0.526. The van der Waals surface area contributed by atoms with Crippen LogP contribution in [0.5, 0.6) is 0 Å². The first-order valence-corrected chi connectivity index (χ1v) is 8.89.